The van der Waals surface area contributed by atoms with Gasteiger partial charge in [0, 0.05) is 5.56 Å². The van der Waals surface area contributed by atoms with Crippen LogP contribution in [0.2, 0.25) is 0 Å². The highest BCUT2D eigenvalue weighted by molar-refractivity contribution is 6.16. The number of benzene rings is 1. The van der Waals surface area contributed by atoms with E-state index in [1.807, 2.05) is 19.9 Å². The largest absolute Gasteiger partial charge is 0.361 e. The molecule has 0 fully saturated rings. The van der Waals surface area contributed by atoms with Crippen LogP contribution in [0.15, 0.2) is 22.7 Å². The van der Waals surface area contributed by atoms with E-state index in [-0.39, 0.29) is 0 Å². The maximum absolute atomic E-state index is 6.04. The molecule has 3 rings (SSSR count). The Morgan fingerprint density at radius 1 is 1.25 bits per heavy atom. The number of imidazole rings is 1. The van der Waals surface area contributed by atoms with Gasteiger partial charge in [-0.1, -0.05) is 11.2 Å². The van der Waals surface area contributed by atoms with Crippen LogP contribution in [0, 0.1) is 20.8 Å². The molecule has 2 heterocycles. The molecule has 1 aromatic carbocycles. The molecule has 3 aromatic rings. The summed E-state index contributed by atoms with van der Waals surface area (Å²) in [5.74, 6) is 2.10. The summed E-state index contributed by atoms with van der Waals surface area (Å²) < 4.78 is 7.38. The lowest BCUT2D eigenvalue weighted by atomic mass is 10.2. The van der Waals surface area contributed by atoms with Gasteiger partial charge < -0.3 is 9.09 Å². The third-order valence-electron chi connectivity index (χ3n) is 3.60. The van der Waals surface area contributed by atoms with Gasteiger partial charge in [0.1, 0.15) is 11.6 Å². The van der Waals surface area contributed by atoms with Crippen LogP contribution in [-0.4, -0.2) is 14.7 Å². The summed E-state index contributed by atoms with van der Waals surface area (Å²) in [5, 5.41) is 4.01. The second-order valence-electron chi connectivity index (χ2n) is 5.04. The molecule has 20 heavy (non-hydrogen) atoms. The molecule has 104 valence electrons. The minimum atomic E-state index is 0.386. The minimum Gasteiger partial charge on any atom is -0.361 e. The van der Waals surface area contributed by atoms with Crippen molar-refractivity contribution in [1.82, 2.24) is 14.7 Å². The Bertz CT molecular complexity index is 753. The van der Waals surface area contributed by atoms with Gasteiger partial charge in [-0.05, 0) is 38.5 Å². The number of alkyl halides is 1. The number of rotatable bonds is 3. The van der Waals surface area contributed by atoms with Crippen LogP contribution < -0.4 is 0 Å². The molecule has 4 nitrogen and oxygen atoms in total. The monoisotopic (exact) mass is 289 g/mol. The van der Waals surface area contributed by atoms with Crippen LogP contribution in [0.5, 0.6) is 0 Å². The van der Waals surface area contributed by atoms with E-state index in [4.69, 9.17) is 16.1 Å². The highest BCUT2D eigenvalue weighted by Crippen LogP contribution is 2.22. The van der Waals surface area contributed by atoms with Gasteiger partial charge in [0.15, 0.2) is 0 Å². The summed E-state index contributed by atoms with van der Waals surface area (Å²) in [6.07, 6.45) is 0. The topological polar surface area (TPSA) is 43.9 Å². The molecule has 2 aromatic heterocycles. The number of halogens is 1. The minimum absolute atomic E-state index is 0.386. The van der Waals surface area contributed by atoms with Crippen LogP contribution in [-0.2, 0) is 12.4 Å². The molecule has 0 saturated heterocycles. The van der Waals surface area contributed by atoms with Gasteiger partial charge in [-0.25, -0.2) is 4.98 Å². The van der Waals surface area contributed by atoms with Gasteiger partial charge >= 0.3 is 0 Å². The van der Waals surface area contributed by atoms with Gasteiger partial charge in [-0.2, -0.15) is 0 Å². The lowest BCUT2D eigenvalue weighted by Gasteiger charge is -2.07. The van der Waals surface area contributed by atoms with Gasteiger partial charge in [-0.3, -0.25) is 0 Å². The van der Waals surface area contributed by atoms with Gasteiger partial charge in [0.25, 0.3) is 0 Å². The molecule has 0 atom stereocenters. The van der Waals surface area contributed by atoms with E-state index in [1.54, 1.807) is 0 Å². The Balaban J connectivity index is 2.16. The van der Waals surface area contributed by atoms with Crippen LogP contribution in [0.4, 0.5) is 0 Å². The standard InChI is InChI=1S/C15H16ClN3O/c1-9-4-5-13-14(6-9)19(15(7-16)17-13)8-12-10(2)18-20-11(12)3/h4-6H,7-8H2,1-3H3. The summed E-state index contributed by atoms with van der Waals surface area (Å²) in [5.41, 5.74) is 5.28. The first kappa shape index (κ1) is 13.2. The third kappa shape index (κ3) is 2.10. The van der Waals surface area contributed by atoms with Gasteiger partial charge in [-0.15, -0.1) is 11.6 Å². The van der Waals surface area contributed by atoms with Crippen LogP contribution in [0.25, 0.3) is 11.0 Å². The molecule has 0 bridgehead atoms. The fourth-order valence-electron chi connectivity index (χ4n) is 2.45. The lowest BCUT2D eigenvalue weighted by Crippen LogP contribution is -2.05. The maximum Gasteiger partial charge on any atom is 0.138 e. The first-order valence-electron chi connectivity index (χ1n) is 6.53. The molecule has 0 spiro atoms. The summed E-state index contributed by atoms with van der Waals surface area (Å²) in [7, 11) is 0. The van der Waals surface area contributed by atoms with Crippen molar-refractivity contribution in [2.75, 3.05) is 0 Å². The highest BCUT2D eigenvalue weighted by Gasteiger charge is 2.15. The second-order valence-corrected chi connectivity index (χ2v) is 5.31. The van der Waals surface area contributed by atoms with Gasteiger partial charge in [0.05, 0.1) is 29.2 Å². The Morgan fingerprint density at radius 2 is 2.05 bits per heavy atom. The summed E-state index contributed by atoms with van der Waals surface area (Å²) in [4.78, 5) is 4.59. The van der Waals surface area contributed by atoms with Crippen molar-refractivity contribution in [2.45, 2.75) is 33.2 Å². The molecule has 5 heteroatoms. The summed E-state index contributed by atoms with van der Waals surface area (Å²) in [6, 6.07) is 6.23. The van der Waals surface area contributed by atoms with E-state index >= 15 is 0 Å². The number of fused-ring (bicyclic) bond motifs is 1. The average molecular weight is 290 g/mol. The van der Waals surface area contributed by atoms with Crippen LogP contribution in [0.3, 0.4) is 0 Å². The molecule has 0 saturated carbocycles. The van der Waals surface area contributed by atoms with E-state index in [9.17, 15) is 0 Å². The fourth-order valence-corrected chi connectivity index (χ4v) is 2.65. The van der Waals surface area contributed by atoms with Crippen molar-refractivity contribution in [3.05, 3.63) is 46.6 Å². The average Bonchev–Trinajstić information content (AvgIpc) is 2.93. The zero-order valence-corrected chi connectivity index (χ0v) is 12.5. The molecule has 0 radical (unpaired) electrons. The predicted molar refractivity (Wildman–Crippen MR) is 79.1 cm³/mol. The Hall–Kier alpha value is -1.81. The molecule has 0 unspecified atom stereocenters. The maximum atomic E-state index is 6.04. The third-order valence-corrected chi connectivity index (χ3v) is 3.84. The van der Waals surface area contributed by atoms with Crippen molar-refractivity contribution in [2.24, 2.45) is 0 Å². The number of nitrogens with zero attached hydrogens (tertiary/aromatic N) is 3. The Morgan fingerprint density at radius 3 is 2.70 bits per heavy atom. The first-order valence-corrected chi connectivity index (χ1v) is 7.07. The molecule has 0 amide bonds. The molecular weight excluding hydrogens is 274 g/mol. The van der Waals surface area contributed by atoms with Crippen molar-refractivity contribution in [1.29, 1.82) is 0 Å². The molecule has 0 aliphatic rings. The summed E-state index contributed by atoms with van der Waals surface area (Å²) >= 11 is 6.04. The predicted octanol–water partition coefficient (Wildman–Crippen LogP) is 3.74. The Kier molecular flexibility index (Phi) is 3.26. The van der Waals surface area contributed by atoms with E-state index in [1.165, 1.54) is 5.56 Å². The highest BCUT2D eigenvalue weighted by atomic mass is 35.5. The van der Waals surface area contributed by atoms with Gasteiger partial charge in [0.2, 0.25) is 0 Å². The van der Waals surface area contributed by atoms with E-state index in [0.717, 1.165) is 33.9 Å². The van der Waals surface area contributed by atoms with Crippen molar-refractivity contribution >= 4 is 22.6 Å². The number of aromatic nitrogens is 3. The smallest absolute Gasteiger partial charge is 0.138 e. The van der Waals surface area contributed by atoms with Crippen molar-refractivity contribution in [3.63, 3.8) is 0 Å². The van der Waals surface area contributed by atoms with E-state index < -0.39 is 0 Å². The van der Waals surface area contributed by atoms with E-state index in [2.05, 4.69) is 33.8 Å². The zero-order chi connectivity index (χ0) is 14.3. The fraction of sp³-hybridized carbons (Fsp3) is 0.333. The number of hydrogen-bond donors (Lipinski definition) is 0. The van der Waals surface area contributed by atoms with Crippen molar-refractivity contribution < 1.29 is 4.52 Å². The molecule has 0 N–H and O–H groups in total. The van der Waals surface area contributed by atoms with Crippen molar-refractivity contribution in [3.8, 4) is 0 Å². The van der Waals surface area contributed by atoms with Crippen LogP contribution in [0.1, 0.15) is 28.4 Å². The van der Waals surface area contributed by atoms with Crippen LogP contribution >= 0.6 is 11.6 Å². The second kappa shape index (κ2) is 4.94. The Labute approximate surface area is 122 Å². The normalized spacial score (nSPS) is 11.4. The molecule has 0 aliphatic carbocycles. The molecule has 0 aliphatic heterocycles. The number of aryl methyl sites for hydroxylation is 3. The lowest BCUT2D eigenvalue weighted by molar-refractivity contribution is 0.392. The SMILES string of the molecule is Cc1ccc2nc(CCl)n(Cc3c(C)noc3C)c2c1. The quantitative estimate of drug-likeness (QED) is 0.690. The first-order chi connectivity index (χ1) is 9.60. The zero-order valence-electron chi connectivity index (χ0n) is 11.8. The molecular formula is C15H16ClN3O. The summed E-state index contributed by atoms with van der Waals surface area (Å²) in [6.45, 7) is 6.65. The van der Waals surface area contributed by atoms with E-state index in [0.29, 0.717) is 12.4 Å². The number of hydrogen-bond acceptors (Lipinski definition) is 3.